The second-order valence-electron chi connectivity index (χ2n) is 6.03. The fourth-order valence-electron chi connectivity index (χ4n) is 2.67. The number of methoxy groups -OCH3 is 1. The summed E-state index contributed by atoms with van der Waals surface area (Å²) >= 11 is 7.91. The van der Waals surface area contributed by atoms with Crippen LogP contribution in [0.1, 0.15) is 22.8 Å². The summed E-state index contributed by atoms with van der Waals surface area (Å²) < 4.78 is 10.8. The highest BCUT2D eigenvalue weighted by atomic mass is 35.5. The Morgan fingerprint density at radius 1 is 1.17 bits per heavy atom. The fraction of sp³-hybridized carbons (Fsp3) is 0.182. The topological polar surface area (TPSA) is 60.5 Å². The Bertz CT molecular complexity index is 983. The lowest BCUT2D eigenvalue weighted by Gasteiger charge is -2.13. The van der Waals surface area contributed by atoms with E-state index in [1.807, 2.05) is 49.4 Å². The van der Waals surface area contributed by atoms with E-state index in [1.165, 1.54) is 7.11 Å². The molecule has 0 radical (unpaired) electrons. The highest BCUT2D eigenvalue weighted by molar-refractivity contribution is 7.98. The number of rotatable bonds is 8. The van der Waals surface area contributed by atoms with E-state index < -0.39 is 0 Å². The van der Waals surface area contributed by atoms with Crippen LogP contribution >= 0.6 is 23.4 Å². The average Bonchev–Trinajstić information content (AvgIpc) is 2.74. The van der Waals surface area contributed by atoms with Crippen molar-refractivity contribution in [1.82, 2.24) is 4.98 Å². The number of hydrogen-bond acceptors (Lipinski definition) is 5. The molecule has 1 heterocycles. The molecule has 5 nitrogen and oxygen atoms in total. The van der Waals surface area contributed by atoms with Crippen LogP contribution in [0, 0.1) is 0 Å². The molecule has 0 saturated carbocycles. The Kier molecular flexibility index (Phi) is 7.38. The molecule has 0 saturated heterocycles. The minimum absolute atomic E-state index is 0.275. The van der Waals surface area contributed by atoms with Gasteiger partial charge in [-0.15, -0.1) is 11.8 Å². The van der Waals surface area contributed by atoms with Crippen molar-refractivity contribution in [3.05, 3.63) is 76.9 Å². The van der Waals surface area contributed by atoms with Crippen LogP contribution in [-0.2, 0) is 5.75 Å². The Morgan fingerprint density at radius 3 is 2.76 bits per heavy atom. The summed E-state index contributed by atoms with van der Waals surface area (Å²) in [7, 11) is 1.51. The van der Waals surface area contributed by atoms with E-state index in [4.69, 9.17) is 21.1 Å². The molecule has 0 bridgehead atoms. The van der Waals surface area contributed by atoms with Crippen molar-refractivity contribution in [3.8, 4) is 11.5 Å². The molecule has 0 aliphatic carbocycles. The van der Waals surface area contributed by atoms with Gasteiger partial charge in [-0.1, -0.05) is 29.8 Å². The summed E-state index contributed by atoms with van der Waals surface area (Å²) in [6, 6.07) is 16.7. The van der Waals surface area contributed by atoms with Gasteiger partial charge in [0.15, 0.2) is 11.5 Å². The summed E-state index contributed by atoms with van der Waals surface area (Å²) in [5.41, 5.74) is 2.18. The molecule has 2 aromatic carbocycles. The lowest BCUT2D eigenvalue weighted by atomic mass is 10.1. The number of carbonyl (C=O) groups is 1. The van der Waals surface area contributed by atoms with E-state index >= 15 is 0 Å². The zero-order valence-electron chi connectivity index (χ0n) is 16.1. The third-order valence-corrected chi connectivity index (χ3v) is 5.29. The molecule has 1 aromatic heterocycles. The van der Waals surface area contributed by atoms with Gasteiger partial charge in [0, 0.05) is 23.2 Å². The van der Waals surface area contributed by atoms with Crippen LogP contribution in [0.15, 0.2) is 65.8 Å². The second kappa shape index (κ2) is 10.2. The van der Waals surface area contributed by atoms with Gasteiger partial charge in [0.05, 0.1) is 23.8 Å². The number of aromatic nitrogens is 1. The summed E-state index contributed by atoms with van der Waals surface area (Å²) in [6.45, 7) is 2.31. The molecule has 0 fully saturated rings. The van der Waals surface area contributed by atoms with Gasteiger partial charge in [0.2, 0.25) is 0 Å². The fourth-order valence-corrected chi connectivity index (χ4v) is 3.74. The quantitative estimate of drug-likeness (QED) is 0.467. The van der Waals surface area contributed by atoms with Crippen molar-refractivity contribution < 1.29 is 14.3 Å². The van der Waals surface area contributed by atoms with Gasteiger partial charge >= 0.3 is 0 Å². The maximum absolute atomic E-state index is 12.7. The van der Waals surface area contributed by atoms with Crippen molar-refractivity contribution in [3.63, 3.8) is 0 Å². The predicted molar refractivity (Wildman–Crippen MR) is 117 cm³/mol. The van der Waals surface area contributed by atoms with Crippen molar-refractivity contribution >= 4 is 35.0 Å². The molecule has 3 rings (SSSR count). The predicted octanol–water partition coefficient (Wildman–Crippen LogP) is 5.69. The number of halogens is 1. The first-order chi connectivity index (χ1) is 14.1. The lowest BCUT2D eigenvalue weighted by Crippen LogP contribution is -2.12. The van der Waals surface area contributed by atoms with Crippen molar-refractivity contribution in [2.45, 2.75) is 17.7 Å². The number of benzene rings is 2. The molecule has 1 N–H and O–H groups in total. The minimum atomic E-state index is -0.275. The van der Waals surface area contributed by atoms with Crippen LogP contribution in [0.5, 0.6) is 11.5 Å². The summed E-state index contributed by atoms with van der Waals surface area (Å²) in [5.74, 6) is 1.33. The van der Waals surface area contributed by atoms with Gasteiger partial charge < -0.3 is 14.8 Å². The van der Waals surface area contributed by atoms with Crippen LogP contribution in [0.25, 0.3) is 0 Å². The number of anilines is 1. The van der Waals surface area contributed by atoms with Crippen LogP contribution in [0.3, 0.4) is 0 Å². The minimum Gasteiger partial charge on any atom is -0.493 e. The maximum Gasteiger partial charge on any atom is 0.255 e. The molecule has 0 spiro atoms. The Hall–Kier alpha value is -2.70. The zero-order valence-corrected chi connectivity index (χ0v) is 17.7. The van der Waals surface area contributed by atoms with Gasteiger partial charge in [-0.05, 0) is 48.9 Å². The first-order valence-corrected chi connectivity index (χ1v) is 10.4. The standard InChI is InChI=1S/C22H21ClN2O3S/c1-3-28-21-18(23)12-16(13-19(21)27-2)22(26)25-17-8-6-7-15(11-17)14-29-20-9-4-5-10-24-20/h4-13H,3,14H2,1-2H3,(H,25,26). The number of carbonyl (C=O) groups excluding carboxylic acids is 1. The second-order valence-corrected chi connectivity index (χ2v) is 7.44. The van der Waals surface area contributed by atoms with E-state index in [1.54, 1.807) is 30.1 Å². The van der Waals surface area contributed by atoms with E-state index in [-0.39, 0.29) is 5.91 Å². The number of nitrogens with one attached hydrogen (secondary N) is 1. The first kappa shape index (κ1) is 21.0. The zero-order chi connectivity index (χ0) is 20.6. The SMILES string of the molecule is CCOc1c(Cl)cc(C(=O)Nc2cccc(CSc3ccccn3)c2)cc1OC. The molecule has 0 aliphatic heterocycles. The summed E-state index contributed by atoms with van der Waals surface area (Å²) in [4.78, 5) is 17.0. The molecule has 0 atom stereocenters. The number of amides is 1. The van der Waals surface area contributed by atoms with Crippen LogP contribution in [0.4, 0.5) is 5.69 Å². The van der Waals surface area contributed by atoms with Gasteiger partial charge in [-0.3, -0.25) is 4.79 Å². The lowest BCUT2D eigenvalue weighted by molar-refractivity contribution is 0.102. The number of thioether (sulfide) groups is 1. The molecule has 0 aliphatic rings. The third kappa shape index (κ3) is 5.65. The molecule has 29 heavy (non-hydrogen) atoms. The molecular weight excluding hydrogens is 408 g/mol. The molecule has 3 aromatic rings. The van der Waals surface area contributed by atoms with E-state index in [0.29, 0.717) is 34.4 Å². The summed E-state index contributed by atoms with van der Waals surface area (Å²) in [6.07, 6.45) is 1.77. The Balaban J connectivity index is 1.71. The molecule has 0 unspecified atom stereocenters. The maximum atomic E-state index is 12.7. The normalized spacial score (nSPS) is 10.4. The van der Waals surface area contributed by atoms with Crippen molar-refractivity contribution in [1.29, 1.82) is 0 Å². The summed E-state index contributed by atoms with van der Waals surface area (Å²) in [5, 5.41) is 4.19. The van der Waals surface area contributed by atoms with Crippen LogP contribution in [0.2, 0.25) is 5.02 Å². The van der Waals surface area contributed by atoms with Gasteiger partial charge in [0.1, 0.15) is 0 Å². The van der Waals surface area contributed by atoms with E-state index in [9.17, 15) is 4.79 Å². The Morgan fingerprint density at radius 2 is 2.03 bits per heavy atom. The number of ether oxygens (including phenoxy) is 2. The third-order valence-electron chi connectivity index (χ3n) is 3.99. The molecule has 7 heteroatoms. The van der Waals surface area contributed by atoms with Crippen LogP contribution < -0.4 is 14.8 Å². The van der Waals surface area contributed by atoms with E-state index in [0.717, 1.165) is 16.3 Å². The van der Waals surface area contributed by atoms with Gasteiger partial charge in [0.25, 0.3) is 5.91 Å². The number of nitrogens with zero attached hydrogens (tertiary/aromatic N) is 1. The monoisotopic (exact) mass is 428 g/mol. The smallest absolute Gasteiger partial charge is 0.255 e. The Labute approximate surface area is 179 Å². The van der Waals surface area contributed by atoms with E-state index in [2.05, 4.69) is 10.3 Å². The van der Waals surface area contributed by atoms with Crippen molar-refractivity contribution in [2.24, 2.45) is 0 Å². The number of pyridine rings is 1. The van der Waals surface area contributed by atoms with Gasteiger partial charge in [-0.25, -0.2) is 4.98 Å². The van der Waals surface area contributed by atoms with Gasteiger partial charge in [-0.2, -0.15) is 0 Å². The molecule has 1 amide bonds. The highest BCUT2D eigenvalue weighted by Gasteiger charge is 2.16. The first-order valence-electron chi connectivity index (χ1n) is 9.05. The molecule has 150 valence electrons. The largest absolute Gasteiger partial charge is 0.493 e. The number of hydrogen-bond donors (Lipinski definition) is 1. The van der Waals surface area contributed by atoms with Crippen LogP contribution in [-0.4, -0.2) is 24.6 Å². The highest BCUT2D eigenvalue weighted by Crippen LogP contribution is 2.36. The molecular formula is C22H21ClN2O3S. The van der Waals surface area contributed by atoms with Crippen molar-refractivity contribution in [2.75, 3.05) is 19.0 Å². The average molecular weight is 429 g/mol.